The Morgan fingerprint density at radius 3 is 2.67 bits per heavy atom. The van der Waals surface area contributed by atoms with Gasteiger partial charge in [0.25, 0.3) is 0 Å². The maximum Gasteiger partial charge on any atom is 0.0814 e. The molecule has 2 radical (unpaired) electrons. The number of hydrogen-bond donors (Lipinski definition) is 0. The maximum atomic E-state index is 6.67. The summed E-state index contributed by atoms with van der Waals surface area (Å²) in [5, 5.41) is -0.0429. The summed E-state index contributed by atoms with van der Waals surface area (Å²) in [4.78, 5) is 0. The van der Waals surface area contributed by atoms with Gasteiger partial charge in [-0.2, -0.15) is 0 Å². The van der Waals surface area contributed by atoms with Gasteiger partial charge in [0.1, 0.15) is 0 Å². The van der Waals surface area contributed by atoms with E-state index in [0.717, 1.165) is 19.3 Å². The van der Waals surface area contributed by atoms with E-state index in [9.17, 15) is 0 Å². The van der Waals surface area contributed by atoms with E-state index in [2.05, 4.69) is 25.7 Å². The monoisotopic (exact) mass is 238 g/mol. The zero-order valence-corrected chi connectivity index (χ0v) is 11.6. The van der Waals surface area contributed by atoms with Crippen molar-refractivity contribution in [3.8, 4) is 0 Å². The van der Waals surface area contributed by atoms with Crippen LogP contribution in [0.4, 0.5) is 0 Å². The average Bonchev–Trinajstić information content (AvgIpc) is 3.02. The van der Waals surface area contributed by atoms with Gasteiger partial charge in [0.05, 0.1) is 7.85 Å². The highest BCUT2D eigenvalue weighted by Gasteiger charge is 2.42. The maximum absolute atomic E-state index is 6.67. The fraction of sp³-hybridized carbons (Fsp3) is 0.647. The molecule has 3 aliphatic carbocycles. The molecule has 1 heteroatoms. The lowest BCUT2D eigenvalue weighted by Gasteiger charge is -2.27. The van der Waals surface area contributed by atoms with E-state index in [-0.39, 0.29) is 5.31 Å². The van der Waals surface area contributed by atoms with Crippen LogP contribution in [0.2, 0.25) is 5.31 Å². The molecular formula is C17H23B. The Morgan fingerprint density at radius 1 is 1.28 bits per heavy atom. The van der Waals surface area contributed by atoms with Gasteiger partial charge < -0.3 is 0 Å². The highest BCUT2D eigenvalue weighted by atomic mass is 14.5. The second-order valence-electron chi connectivity index (χ2n) is 6.71. The first-order valence-corrected chi connectivity index (χ1v) is 7.41. The molecule has 18 heavy (non-hydrogen) atoms. The molecule has 0 nitrogen and oxygen atoms in total. The number of allylic oxidation sites excluding steroid dienone is 5. The summed E-state index contributed by atoms with van der Waals surface area (Å²) in [6.45, 7) is 6.41. The largest absolute Gasteiger partial charge is 0.0998 e. The Bertz CT molecular complexity index is 443. The number of hydrogen-bond acceptors (Lipinski definition) is 0. The molecule has 0 aromatic heterocycles. The fourth-order valence-electron chi connectivity index (χ4n) is 4.12. The van der Waals surface area contributed by atoms with E-state index < -0.39 is 0 Å². The van der Waals surface area contributed by atoms with E-state index in [4.69, 9.17) is 7.85 Å². The minimum atomic E-state index is -0.0429. The quantitative estimate of drug-likeness (QED) is 0.474. The minimum absolute atomic E-state index is 0.0429. The number of rotatable bonds is 2. The summed E-state index contributed by atoms with van der Waals surface area (Å²) in [5.74, 6) is 0. The molecule has 3 rings (SSSR count). The lowest BCUT2D eigenvalue weighted by molar-refractivity contribution is 0.395. The molecule has 1 spiro atoms. The molecule has 0 saturated heterocycles. The van der Waals surface area contributed by atoms with Crippen LogP contribution >= 0.6 is 0 Å². The molecule has 0 bridgehead atoms. The standard InChI is InChI=1S/C17H23B/c1-3-14-5-9-17(18,11-14)15-6-8-16(12-15)7-4-13(2)10-16/h5,12H,2-4,6-11H2,1H3/t16-,17?/m1/s1. The molecule has 0 aromatic carbocycles. The lowest BCUT2D eigenvalue weighted by atomic mass is 9.61. The Morgan fingerprint density at radius 2 is 2.06 bits per heavy atom. The molecule has 0 heterocycles. The molecule has 1 fully saturated rings. The van der Waals surface area contributed by atoms with Gasteiger partial charge in [0, 0.05) is 0 Å². The van der Waals surface area contributed by atoms with E-state index in [0.29, 0.717) is 5.41 Å². The molecule has 94 valence electrons. The van der Waals surface area contributed by atoms with Gasteiger partial charge in [-0.25, -0.2) is 0 Å². The van der Waals surface area contributed by atoms with Crippen molar-refractivity contribution in [1.29, 1.82) is 0 Å². The zero-order chi connectivity index (χ0) is 12.8. The average molecular weight is 238 g/mol. The third-order valence-corrected chi connectivity index (χ3v) is 5.34. The van der Waals surface area contributed by atoms with E-state index in [1.54, 1.807) is 5.57 Å². The molecule has 2 atom stereocenters. The van der Waals surface area contributed by atoms with Gasteiger partial charge in [-0.1, -0.05) is 42.4 Å². The van der Waals surface area contributed by atoms with Gasteiger partial charge in [-0.05, 0) is 62.1 Å². The third kappa shape index (κ3) is 1.92. The molecule has 0 aromatic rings. The van der Waals surface area contributed by atoms with Crippen LogP contribution in [-0.4, -0.2) is 7.85 Å². The summed E-state index contributed by atoms with van der Waals surface area (Å²) < 4.78 is 0. The highest BCUT2D eigenvalue weighted by Crippen LogP contribution is 2.58. The Balaban J connectivity index is 1.79. The van der Waals surface area contributed by atoms with Crippen LogP contribution in [0.25, 0.3) is 0 Å². The molecular weight excluding hydrogens is 215 g/mol. The Hall–Kier alpha value is -0.715. The first-order valence-electron chi connectivity index (χ1n) is 7.41. The van der Waals surface area contributed by atoms with Crippen molar-refractivity contribution in [2.45, 2.75) is 63.6 Å². The first kappa shape index (κ1) is 12.3. The molecule has 1 unspecified atom stereocenters. The Labute approximate surface area is 113 Å². The zero-order valence-electron chi connectivity index (χ0n) is 11.6. The van der Waals surface area contributed by atoms with Gasteiger partial charge in [-0.3, -0.25) is 0 Å². The summed E-state index contributed by atoms with van der Waals surface area (Å²) in [5.41, 5.74) is 4.97. The second kappa shape index (κ2) is 4.15. The summed E-state index contributed by atoms with van der Waals surface area (Å²) >= 11 is 0. The van der Waals surface area contributed by atoms with Gasteiger partial charge >= 0.3 is 0 Å². The van der Waals surface area contributed by atoms with E-state index in [1.165, 1.54) is 43.3 Å². The van der Waals surface area contributed by atoms with Crippen LogP contribution < -0.4 is 0 Å². The van der Waals surface area contributed by atoms with Crippen LogP contribution in [0.3, 0.4) is 0 Å². The third-order valence-electron chi connectivity index (χ3n) is 5.34. The fourth-order valence-corrected chi connectivity index (χ4v) is 4.12. The van der Waals surface area contributed by atoms with E-state index in [1.807, 2.05) is 0 Å². The van der Waals surface area contributed by atoms with Crippen molar-refractivity contribution in [2.24, 2.45) is 5.41 Å². The molecule has 1 saturated carbocycles. The summed E-state index contributed by atoms with van der Waals surface area (Å²) in [6.07, 6.45) is 14.5. The SMILES string of the molecule is [B]C1(C2=C[C@]3(CCC(=C)C3)CC2)CC=C(CC)C1. The predicted octanol–water partition coefficient (Wildman–Crippen LogP) is 4.89. The van der Waals surface area contributed by atoms with Crippen molar-refractivity contribution < 1.29 is 0 Å². The van der Waals surface area contributed by atoms with Crippen molar-refractivity contribution in [3.63, 3.8) is 0 Å². The van der Waals surface area contributed by atoms with Crippen LogP contribution in [-0.2, 0) is 0 Å². The summed E-state index contributed by atoms with van der Waals surface area (Å²) in [6, 6.07) is 0. The smallest absolute Gasteiger partial charge is 0.0814 e. The predicted molar refractivity (Wildman–Crippen MR) is 78.8 cm³/mol. The van der Waals surface area contributed by atoms with Crippen LogP contribution in [0.15, 0.2) is 35.5 Å². The van der Waals surface area contributed by atoms with Crippen LogP contribution in [0.1, 0.15) is 58.3 Å². The molecule has 0 aliphatic heterocycles. The van der Waals surface area contributed by atoms with Crippen molar-refractivity contribution in [2.75, 3.05) is 0 Å². The molecule has 0 amide bonds. The highest BCUT2D eigenvalue weighted by molar-refractivity contribution is 6.18. The van der Waals surface area contributed by atoms with E-state index >= 15 is 0 Å². The van der Waals surface area contributed by atoms with Gasteiger partial charge in [0.2, 0.25) is 0 Å². The lowest BCUT2D eigenvalue weighted by Crippen LogP contribution is -2.11. The first-order chi connectivity index (χ1) is 8.55. The van der Waals surface area contributed by atoms with Crippen molar-refractivity contribution >= 4 is 7.85 Å². The van der Waals surface area contributed by atoms with Gasteiger partial charge in [-0.15, -0.1) is 0 Å². The van der Waals surface area contributed by atoms with Crippen LogP contribution in [0, 0.1) is 5.41 Å². The second-order valence-corrected chi connectivity index (χ2v) is 6.71. The molecule has 3 aliphatic rings. The van der Waals surface area contributed by atoms with Crippen molar-refractivity contribution in [3.05, 3.63) is 35.5 Å². The minimum Gasteiger partial charge on any atom is -0.0998 e. The van der Waals surface area contributed by atoms with Crippen molar-refractivity contribution in [1.82, 2.24) is 0 Å². The molecule has 0 N–H and O–H groups in total. The summed E-state index contributed by atoms with van der Waals surface area (Å²) in [7, 11) is 6.67. The normalized spacial score (nSPS) is 39.5. The topological polar surface area (TPSA) is 0 Å². The van der Waals surface area contributed by atoms with Gasteiger partial charge in [0.15, 0.2) is 0 Å². The Kier molecular flexibility index (Phi) is 2.84. The van der Waals surface area contributed by atoms with Crippen LogP contribution in [0.5, 0.6) is 0 Å².